The fourth-order valence-electron chi connectivity index (χ4n) is 5.56. The highest BCUT2D eigenvalue weighted by atomic mass is 16.4. The topological polar surface area (TPSA) is 144 Å². The molecule has 0 spiro atoms. The third-order valence-corrected chi connectivity index (χ3v) is 7.98. The standard InChI is InChI=1S/C36H38N6O5/c1-24-9-11-26(12-10-24)30(22-33(43)44)39-34(45)27-13-14-32(31(21-27)40-36(47)38-29-8-3-6-25(2)20-29)41-16-5-17-42(19-18-41)35(46)28-7-4-15-37-23-28/h3-4,6-15,20-21,23,30H,5,16-19,22H2,1-2H3,(H,39,45)(H,43,44)(H2,38,40,47). The lowest BCUT2D eigenvalue weighted by molar-refractivity contribution is -0.137. The molecule has 1 aliphatic heterocycles. The van der Waals surface area contributed by atoms with Crippen LogP contribution in [0.4, 0.5) is 21.9 Å². The predicted molar refractivity (Wildman–Crippen MR) is 181 cm³/mol. The number of nitrogens with one attached hydrogen (secondary N) is 3. The van der Waals surface area contributed by atoms with Gasteiger partial charge in [0.25, 0.3) is 11.8 Å². The second-order valence-corrected chi connectivity index (χ2v) is 11.6. The Bertz CT molecular complexity index is 1740. The number of carbonyl (C=O) groups is 4. The monoisotopic (exact) mass is 634 g/mol. The maximum Gasteiger partial charge on any atom is 0.323 e. The molecule has 11 heteroatoms. The third-order valence-electron chi connectivity index (χ3n) is 7.98. The van der Waals surface area contributed by atoms with E-state index in [9.17, 15) is 24.3 Å². The van der Waals surface area contributed by atoms with Crippen molar-refractivity contribution < 1.29 is 24.3 Å². The first-order chi connectivity index (χ1) is 22.7. The Balaban J connectivity index is 1.39. The van der Waals surface area contributed by atoms with Crippen LogP contribution >= 0.6 is 0 Å². The Morgan fingerprint density at radius 2 is 1.64 bits per heavy atom. The van der Waals surface area contributed by atoms with Gasteiger partial charge in [0, 0.05) is 49.8 Å². The molecule has 242 valence electrons. The Kier molecular flexibility index (Phi) is 10.5. The molecule has 11 nitrogen and oxygen atoms in total. The molecule has 4 N–H and O–H groups in total. The zero-order valence-corrected chi connectivity index (χ0v) is 26.4. The van der Waals surface area contributed by atoms with E-state index >= 15 is 0 Å². The van der Waals surface area contributed by atoms with Crippen LogP contribution in [0.25, 0.3) is 0 Å². The second kappa shape index (κ2) is 15.0. The molecule has 1 atom stereocenters. The van der Waals surface area contributed by atoms with E-state index in [2.05, 4.69) is 25.8 Å². The maximum absolute atomic E-state index is 13.5. The summed E-state index contributed by atoms with van der Waals surface area (Å²) in [6.07, 6.45) is 3.59. The fraction of sp³-hybridized carbons (Fsp3) is 0.250. The average molecular weight is 635 g/mol. The Labute approximate surface area is 273 Å². The Hall–Kier alpha value is -5.71. The molecule has 1 aromatic heterocycles. The number of aliphatic carboxylic acids is 1. The van der Waals surface area contributed by atoms with Crippen LogP contribution in [0.1, 0.15) is 56.3 Å². The molecule has 4 aromatic rings. The van der Waals surface area contributed by atoms with Crippen molar-refractivity contribution in [2.75, 3.05) is 41.7 Å². The first-order valence-corrected chi connectivity index (χ1v) is 15.5. The van der Waals surface area contributed by atoms with Gasteiger partial charge in [-0.15, -0.1) is 0 Å². The summed E-state index contributed by atoms with van der Waals surface area (Å²) < 4.78 is 0. The highest BCUT2D eigenvalue weighted by molar-refractivity contribution is 6.04. The minimum Gasteiger partial charge on any atom is -0.481 e. The van der Waals surface area contributed by atoms with Gasteiger partial charge < -0.3 is 30.9 Å². The number of carbonyl (C=O) groups excluding carboxylic acids is 3. The number of aromatic nitrogens is 1. The zero-order chi connectivity index (χ0) is 33.3. The molecule has 0 saturated carbocycles. The number of aryl methyl sites for hydroxylation is 2. The summed E-state index contributed by atoms with van der Waals surface area (Å²) in [5.74, 6) is -1.61. The second-order valence-electron chi connectivity index (χ2n) is 11.6. The van der Waals surface area contributed by atoms with Crippen LogP contribution in [0.3, 0.4) is 0 Å². The van der Waals surface area contributed by atoms with Crippen LogP contribution < -0.4 is 20.9 Å². The summed E-state index contributed by atoms with van der Waals surface area (Å²) in [6.45, 7) is 5.99. The molecule has 0 aliphatic carbocycles. The van der Waals surface area contributed by atoms with Gasteiger partial charge in [0.05, 0.1) is 29.4 Å². The third kappa shape index (κ3) is 8.72. The molecule has 4 amide bonds. The van der Waals surface area contributed by atoms with E-state index in [0.717, 1.165) is 11.1 Å². The van der Waals surface area contributed by atoms with Gasteiger partial charge >= 0.3 is 12.0 Å². The minimum absolute atomic E-state index is 0.0904. The van der Waals surface area contributed by atoms with E-state index < -0.39 is 23.9 Å². The van der Waals surface area contributed by atoms with Gasteiger partial charge in [-0.2, -0.15) is 0 Å². The number of carboxylic acids is 1. The van der Waals surface area contributed by atoms with Crippen molar-refractivity contribution in [1.29, 1.82) is 0 Å². The number of rotatable bonds is 9. The largest absolute Gasteiger partial charge is 0.481 e. The first-order valence-electron chi connectivity index (χ1n) is 15.5. The number of pyridine rings is 1. The SMILES string of the molecule is Cc1ccc(C(CC(=O)O)NC(=O)c2ccc(N3CCCN(C(=O)c4cccnc4)CC3)c(NC(=O)Nc3cccc(C)c3)c2)cc1. The van der Waals surface area contributed by atoms with Crippen molar-refractivity contribution in [3.05, 3.63) is 119 Å². The number of nitrogens with zero attached hydrogens (tertiary/aromatic N) is 3. The summed E-state index contributed by atoms with van der Waals surface area (Å²) >= 11 is 0. The van der Waals surface area contributed by atoms with E-state index in [4.69, 9.17) is 0 Å². The molecule has 0 bridgehead atoms. The highest BCUT2D eigenvalue weighted by Gasteiger charge is 2.24. The highest BCUT2D eigenvalue weighted by Crippen LogP contribution is 2.30. The lowest BCUT2D eigenvalue weighted by Crippen LogP contribution is -2.35. The van der Waals surface area contributed by atoms with E-state index in [1.165, 1.54) is 0 Å². The van der Waals surface area contributed by atoms with E-state index in [1.807, 2.05) is 44.2 Å². The molecule has 0 radical (unpaired) electrons. The number of hydrogen-bond donors (Lipinski definition) is 4. The number of benzene rings is 3. The zero-order valence-electron chi connectivity index (χ0n) is 26.4. The molecule has 1 aliphatic rings. The molecular formula is C36H38N6O5. The normalized spacial score (nSPS) is 13.7. The first kappa shape index (κ1) is 32.7. The van der Waals surface area contributed by atoms with Crippen LogP contribution in [0.15, 0.2) is 91.3 Å². The Morgan fingerprint density at radius 1 is 0.830 bits per heavy atom. The van der Waals surface area contributed by atoms with Crippen LogP contribution in [0.2, 0.25) is 0 Å². The van der Waals surface area contributed by atoms with Crippen LogP contribution in [0.5, 0.6) is 0 Å². The number of urea groups is 1. The number of amides is 4. The maximum atomic E-state index is 13.5. The lowest BCUT2D eigenvalue weighted by Gasteiger charge is -2.27. The van der Waals surface area contributed by atoms with Crippen molar-refractivity contribution in [2.24, 2.45) is 0 Å². The van der Waals surface area contributed by atoms with E-state index in [1.54, 1.807) is 65.8 Å². The minimum atomic E-state index is -1.04. The van der Waals surface area contributed by atoms with Gasteiger partial charge in [0.15, 0.2) is 0 Å². The summed E-state index contributed by atoms with van der Waals surface area (Å²) in [6, 6.07) is 22.0. The van der Waals surface area contributed by atoms with E-state index in [-0.39, 0.29) is 17.9 Å². The molecule has 1 saturated heterocycles. The average Bonchev–Trinajstić information content (AvgIpc) is 3.31. The predicted octanol–water partition coefficient (Wildman–Crippen LogP) is 5.64. The van der Waals surface area contributed by atoms with E-state index in [0.29, 0.717) is 60.8 Å². The summed E-state index contributed by atoms with van der Waals surface area (Å²) in [5.41, 5.74) is 5.17. The molecular weight excluding hydrogens is 596 g/mol. The van der Waals surface area contributed by atoms with Gasteiger partial charge in [-0.25, -0.2) is 4.79 Å². The Morgan fingerprint density at radius 3 is 2.36 bits per heavy atom. The van der Waals surface area contributed by atoms with Gasteiger partial charge in [-0.3, -0.25) is 19.4 Å². The number of hydrogen-bond acceptors (Lipinski definition) is 6. The molecule has 47 heavy (non-hydrogen) atoms. The molecule has 1 unspecified atom stereocenters. The van der Waals surface area contributed by atoms with Crippen LogP contribution in [0, 0.1) is 13.8 Å². The van der Waals surface area contributed by atoms with Gasteiger partial charge in [0.2, 0.25) is 0 Å². The van der Waals surface area contributed by atoms with Crippen molar-refractivity contribution in [3.63, 3.8) is 0 Å². The molecule has 2 heterocycles. The van der Waals surface area contributed by atoms with Crippen molar-refractivity contribution in [3.8, 4) is 0 Å². The van der Waals surface area contributed by atoms with Crippen molar-refractivity contribution in [1.82, 2.24) is 15.2 Å². The fourth-order valence-corrected chi connectivity index (χ4v) is 5.56. The van der Waals surface area contributed by atoms with Gasteiger partial charge in [0.1, 0.15) is 0 Å². The lowest BCUT2D eigenvalue weighted by atomic mass is 10.0. The summed E-state index contributed by atoms with van der Waals surface area (Å²) in [4.78, 5) is 59.5. The molecule has 5 rings (SSSR count). The van der Waals surface area contributed by atoms with Crippen LogP contribution in [-0.2, 0) is 4.79 Å². The van der Waals surface area contributed by atoms with Gasteiger partial charge in [-0.05, 0) is 73.9 Å². The number of carboxylic acid groups (broad SMARTS) is 1. The smallest absolute Gasteiger partial charge is 0.323 e. The van der Waals surface area contributed by atoms with Crippen LogP contribution in [-0.4, -0.2) is 65.0 Å². The number of anilines is 3. The molecule has 3 aromatic carbocycles. The quantitative estimate of drug-likeness (QED) is 0.187. The molecule has 1 fully saturated rings. The van der Waals surface area contributed by atoms with Gasteiger partial charge in [-0.1, -0.05) is 42.0 Å². The van der Waals surface area contributed by atoms with Crippen molar-refractivity contribution in [2.45, 2.75) is 32.7 Å². The van der Waals surface area contributed by atoms with Crippen molar-refractivity contribution >= 4 is 40.9 Å². The summed E-state index contributed by atoms with van der Waals surface area (Å²) in [5, 5.41) is 18.2. The summed E-state index contributed by atoms with van der Waals surface area (Å²) in [7, 11) is 0.